The van der Waals surface area contributed by atoms with Gasteiger partial charge in [0.2, 0.25) is 0 Å². The normalized spacial score (nSPS) is 24.8. The molecule has 2 atom stereocenters. The average Bonchev–Trinajstić information content (AvgIpc) is 2.89. The molecule has 2 fully saturated rings. The third-order valence-electron chi connectivity index (χ3n) is 5.60. The molecule has 0 radical (unpaired) electrons. The molecule has 26 heavy (non-hydrogen) atoms. The predicted molar refractivity (Wildman–Crippen MR) is 104 cm³/mol. The number of sulfone groups is 1. The standard InChI is InChI=1S/C20H32N2O3S/c1-15(2)8-9-22-13-17(10-16(22)3)14-25-18-4-6-19(7-5-18)26(23,24)20-11-21-12-20/h4-7,15-17,20-21H,8-14H2,1-3H3. The smallest absolute Gasteiger partial charge is 0.183 e. The van der Waals surface area contributed by atoms with Gasteiger partial charge in [0, 0.05) is 31.6 Å². The van der Waals surface area contributed by atoms with Crippen molar-refractivity contribution >= 4 is 9.84 Å². The molecule has 0 aromatic heterocycles. The summed E-state index contributed by atoms with van der Waals surface area (Å²) in [4.78, 5) is 2.96. The van der Waals surface area contributed by atoms with Crippen molar-refractivity contribution in [2.24, 2.45) is 11.8 Å². The molecule has 2 saturated heterocycles. The first-order valence-electron chi connectivity index (χ1n) is 9.77. The van der Waals surface area contributed by atoms with Gasteiger partial charge in [-0.2, -0.15) is 0 Å². The highest BCUT2D eigenvalue weighted by Crippen LogP contribution is 2.26. The number of hydrogen-bond acceptors (Lipinski definition) is 5. The van der Waals surface area contributed by atoms with Gasteiger partial charge < -0.3 is 15.0 Å². The summed E-state index contributed by atoms with van der Waals surface area (Å²) < 4.78 is 30.7. The van der Waals surface area contributed by atoms with Crippen molar-refractivity contribution in [3.8, 4) is 5.75 Å². The van der Waals surface area contributed by atoms with Crippen molar-refractivity contribution in [2.75, 3.05) is 32.8 Å². The molecule has 146 valence electrons. The topological polar surface area (TPSA) is 58.6 Å². The highest BCUT2D eigenvalue weighted by molar-refractivity contribution is 7.92. The number of likely N-dealkylation sites (tertiary alicyclic amines) is 1. The highest BCUT2D eigenvalue weighted by atomic mass is 32.2. The number of nitrogens with zero attached hydrogens (tertiary/aromatic N) is 1. The van der Waals surface area contributed by atoms with Gasteiger partial charge in [-0.3, -0.25) is 0 Å². The number of hydrogen-bond donors (Lipinski definition) is 1. The van der Waals surface area contributed by atoms with Crippen molar-refractivity contribution in [1.82, 2.24) is 10.2 Å². The van der Waals surface area contributed by atoms with E-state index in [0.717, 1.165) is 24.8 Å². The average molecular weight is 381 g/mol. The van der Waals surface area contributed by atoms with E-state index in [-0.39, 0.29) is 5.25 Å². The molecule has 0 saturated carbocycles. The summed E-state index contributed by atoms with van der Waals surface area (Å²) in [6.07, 6.45) is 2.41. The SMILES string of the molecule is CC(C)CCN1CC(COc2ccc(S(=O)(=O)C3CNC3)cc2)CC1C. The fourth-order valence-corrected chi connectivity index (χ4v) is 5.26. The van der Waals surface area contributed by atoms with E-state index < -0.39 is 9.84 Å². The molecule has 2 heterocycles. The Kier molecular flexibility index (Phi) is 6.25. The van der Waals surface area contributed by atoms with Crippen LogP contribution in [0.15, 0.2) is 29.2 Å². The maximum atomic E-state index is 12.4. The maximum absolute atomic E-state index is 12.4. The van der Waals surface area contributed by atoms with Crippen molar-refractivity contribution in [3.63, 3.8) is 0 Å². The Morgan fingerprint density at radius 2 is 1.92 bits per heavy atom. The van der Waals surface area contributed by atoms with E-state index in [4.69, 9.17) is 4.74 Å². The van der Waals surface area contributed by atoms with E-state index in [9.17, 15) is 8.42 Å². The second kappa shape index (κ2) is 8.28. The van der Waals surface area contributed by atoms with Gasteiger partial charge >= 0.3 is 0 Å². The summed E-state index contributed by atoms with van der Waals surface area (Å²) >= 11 is 0. The molecule has 0 spiro atoms. The zero-order valence-electron chi connectivity index (χ0n) is 16.1. The van der Waals surface area contributed by atoms with Crippen LogP contribution in [0.5, 0.6) is 5.75 Å². The molecule has 2 aliphatic rings. The van der Waals surface area contributed by atoms with E-state index in [1.807, 2.05) is 0 Å². The fourth-order valence-electron chi connectivity index (χ4n) is 3.69. The van der Waals surface area contributed by atoms with E-state index >= 15 is 0 Å². The molecule has 2 aliphatic heterocycles. The first-order chi connectivity index (χ1) is 12.4. The first-order valence-corrected chi connectivity index (χ1v) is 11.3. The second-order valence-electron chi connectivity index (χ2n) is 8.24. The molecule has 1 aromatic carbocycles. The molecular weight excluding hydrogens is 348 g/mol. The largest absolute Gasteiger partial charge is 0.493 e. The van der Waals surface area contributed by atoms with Crippen LogP contribution in [-0.4, -0.2) is 57.4 Å². The minimum absolute atomic E-state index is 0.286. The van der Waals surface area contributed by atoms with Crippen LogP contribution in [-0.2, 0) is 9.84 Å². The maximum Gasteiger partial charge on any atom is 0.183 e. The number of rotatable bonds is 8. The molecule has 6 heteroatoms. The summed E-state index contributed by atoms with van der Waals surface area (Å²) in [5.41, 5.74) is 0. The van der Waals surface area contributed by atoms with Gasteiger partial charge in [0.1, 0.15) is 5.75 Å². The van der Waals surface area contributed by atoms with Crippen LogP contribution in [0.2, 0.25) is 0 Å². The lowest BCUT2D eigenvalue weighted by molar-refractivity contribution is 0.226. The molecule has 5 nitrogen and oxygen atoms in total. The molecule has 2 unspecified atom stereocenters. The van der Waals surface area contributed by atoms with Crippen LogP contribution in [0, 0.1) is 11.8 Å². The Hall–Kier alpha value is -1.11. The van der Waals surface area contributed by atoms with Crippen molar-refractivity contribution < 1.29 is 13.2 Å². The van der Waals surface area contributed by atoms with Crippen LogP contribution in [0.25, 0.3) is 0 Å². The third kappa shape index (κ3) is 4.59. The van der Waals surface area contributed by atoms with Crippen molar-refractivity contribution in [3.05, 3.63) is 24.3 Å². The summed E-state index contributed by atoms with van der Waals surface area (Å²) in [6, 6.07) is 7.54. The molecule has 0 amide bonds. The monoisotopic (exact) mass is 380 g/mol. The van der Waals surface area contributed by atoms with Gasteiger partial charge in [-0.1, -0.05) is 13.8 Å². The molecular formula is C20H32N2O3S. The minimum Gasteiger partial charge on any atom is -0.493 e. The van der Waals surface area contributed by atoms with Gasteiger partial charge in [0.25, 0.3) is 0 Å². The summed E-state index contributed by atoms with van der Waals surface area (Å²) in [5, 5.41) is 2.73. The van der Waals surface area contributed by atoms with E-state index in [1.54, 1.807) is 24.3 Å². The van der Waals surface area contributed by atoms with Crippen LogP contribution in [0.3, 0.4) is 0 Å². The van der Waals surface area contributed by atoms with E-state index in [2.05, 4.69) is 31.0 Å². The van der Waals surface area contributed by atoms with Crippen LogP contribution in [0.1, 0.15) is 33.6 Å². The van der Waals surface area contributed by atoms with Gasteiger partial charge in [0.05, 0.1) is 16.8 Å². The molecule has 0 aliphatic carbocycles. The van der Waals surface area contributed by atoms with Crippen LogP contribution in [0.4, 0.5) is 0 Å². The number of nitrogens with one attached hydrogen (secondary N) is 1. The third-order valence-corrected chi connectivity index (χ3v) is 7.75. The lowest BCUT2D eigenvalue weighted by Crippen LogP contribution is -2.51. The molecule has 3 rings (SSSR count). The molecule has 1 aromatic rings. The lowest BCUT2D eigenvalue weighted by atomic mass is 10.1. The van der Waals surface area contributed by atoms with Crippen LogP contribution >= 0.6 is 0 Å². The zero-order chi connectivity index (χ0) is 18.7. The summed E-state index contributed by atoms with van der Waals surface area (Å²) in [5.74, 6) is 2.04. The number of benzene rings is 1. The first kappa shape index (κ1) is 19.6. The Balaban J connectivity index is 1.49. The van der Waals surface area contributed by atoms with E-state index in [0.29, 0.717) is 36.6 Å². The van der Waals surface area contributed by atoms with E-state index in [1.165, 1.54) is 12.8 Å². The summed E-state index contributed by atoms with van der Waals surface area (Å²) in [6.45, 7) is 10.9. The van der Waals surface area contributed by atoms with Crippen molar-refractivity contribution in [2.45, 2.75) is 49.8 Å². The Labute approximate surface area is 158 Å². The van der Waals surface area contributed by atoms with Crippen molar-refractivity contribution in [1.29, 1.82) is 0 Å². The Morgan fingerprint density at radius 1 is 1.23 bits per heavy atom. The highest BCUT2D eigenvalue weighted by Gasteiger charge is 2.32. The fraction of sp³-hybridized carbons (Fsp3) is 0.700. The molecule has 1 N–H and O–H groups in total. The Bertz CT molecular complexity index is 684. The van der Waals surface area contributed by atoms with Crippen LogP contribution < -0.4 is 10.1 Å². The Morgan fingerprint density at radius 3 is 2.50 bits per heavy atom. The van der Waals surface area contributed by atoms with Gasteiger partial charge in [-0.25, -0.2) is 8.42 Å². The minimum atomic E-state index is -3.20. The number of ether oxygens (including phenoxy) is 1. The van der Waals surface area contributed by atoms with Gasteiger partial charge in [-0.05, 0) is 56.5 Å². The summed E-state index contributed by atoms with van der Waals surface area (Å²) in [7, 11) is -3.20. The second-order valence-corrected chi connectivity index (χ2v) is 10.5. The van der Waals surface area contributed by atoms with Gasteiger partial charge in [0.15, 0.2) is 9.84 Å². The van der Waals surface area contributed by atoms with Gasteiger partial charge in [-0.15, -0.1) is 0 Å². The lowest BCUT2D eigenvalue weighted by Gasteiger charge is -2.26. The quantitative estimate of drug-likeness (QED) is 0.751. The molecule has 0 bridgehead atoms. The zero-order valence-corrected chi connectivity index (χ0v) is 17.0. The predicted octanol–water partition coefficient (Wildman–Crippen LogP) is 2.57.